The molecule has 10 nitrogen and oxygen atoms in total. The van der Waals surface area contributed by atoms with Gasteiger partial charge in [-0.3, -0.25) is 4.79 Å². The van der Waals surface area contributed by atoms with Crippen molar-refractivity contribution in [2.24, 2.45) is 11.8 Å². The number of nitrogens with zero attached hydrogens (tertiary/aromatic N) is 1. The van der Waals surface area contributed by atoms with E-state index in [0.29, 0.717) is 52.5 Å². The van der Waals surface area contributed by atoms with Crippen LogP contribution in [0.5, 0.6) is 17.2 Å². The Labute approximate surface area is 303 Å². The molecule has 2 atom stereocenters. The van der Waals surface area contributed by atoms with E-state index in [1.165, 1.54) is 32.4 Å². The fraction of sp³-hybridized carbons (Fsp3) is 0.350. The lowest BCUT2D eigenvalue weighted by Gasteiger charge is -2.14. The molecule has 0 N–H and O–H groups in total. The fourth-order valence-corrected chi connectivity index (χ4v) is 5.89. The summed E-state index contributed by atoms with van der Waals surface area (Å²) in [6, 6.07) is 19.2. The standard InChI is InChI=1S/C40H44ClNO9/c1-47-38-26-30(22-24-39(43)49-28-31-17-19-32(20-18-31)29-50-42(45)46)21-23-37(38)51-40(44)16-5-3-2-4-10-33-12-8-13-34(33)11-6-7-25-48-36-15-9-14-35(41)27-36/h2,4,6,9,11,14-15,17-24,26-27,33-34H,3,5,7-8,10,12-13,16,25,28-29H2,1H3/b4-2-,11-6+,24-22+/t33-,34?/m0/s1. The maximum Gasteiger partial charge on any atom is 0.331 e. The zero-order valence-electron chi connectivity index (χ0n) is 28.7. The molecule has 1 unspecified atom stereocenters. The molecule has 270 valence electrons. The Kier molecular flexibility index (Phi) is 16.1. The van der Waals surface area contributed by atoms with E-state index in [4.69, 9.17) is 30.5 Å². The highest BCUT2D eigenvalue weighted by Gasteiger charge is 2.23. The molecule has 1 saturated carbocycles. The van der Waals surface area contributed by atoms with Gasteiger partial charge in [0, 0.05) is 17.5 Å². The first-order chi connectivity index (χ1) is 24.8. The van der Waals surface area contributed by atoms with Crippen molar-refractivity contribution in [1.29, 1.82) is 0 Å². The van der Waals surface area contributed by atoms with Gasteiger partial charge in [0.15, 0.2) is 11.5 Å². The molecule has 0 spiro atoms. The number of benzene rings is 3. The molecule has 0 heterocycles. The van der Waals surface area contributed by atoms with Crippen molar-refractivity contribution in [2.75, 3.05) is 13.7 Å². The maximum absolute atomic E-state index is 12.5. The smallest absolute Gasteiger partial charge is 0.331 e. The molecular weight excluding hydrogens is 674 g/mol. The summed E-state index contributed by atoms with van der Waals surface area (Å²) in [5, 5.41) is 10.1. The second-order valence-corrected chi connectivity index (χ2v) is 12.6. The number of halogens is 1. The quantitative estimate of drug-likeness (QED) is 0.0214. The van der Waals surface area contributed by atoms with E-state index in [0.717, 1.165) is 30.6 Å². The van der Waals surface area contributed by atoms with E-state index in [1.807, 2.05) is 24.3 Å². The van der Waals surface area contributed by atoms with Crippen LogP contribution in [0.4, 0.5) is 0 Å². The summed E-state index contributed by atoms with van der Waals surface area (Å²) in [5.74, 6) is 1.81. The van der Waals surface area contributed by atoms with Crippen LogP contribution >= 0.6 is 11.6 Å². The Morgan fingerprint density at radius 1 is 0.941 bits per heavy atom. The van der Waals surface area contributed by atoms with Crippen molar-refractivity contribution in [3.63, 3.8) is 0 Å². The van der Waals surface area contributed by atoms with Crippen molar-refractivity contribution >= 4 is 29.6 Å². The Balaban J connectivity index is 1.11. The van der Waals surface area contributed by atoms with Gasteiger partial charge in [0.1, 0.15) is 19.0 Å². The van der Waals surface area contributed by atoms with E-state index in [9.17, 15) is 19.7 Å². The highest BCUT2D eigenvalue weighted by Crippen LogP contribution is 2.35. The highest BCUT2D eigenvalue weighted by molar-refractivity contribution is 6.30. The van der Waals surface area contributed by atoms with Crippen LogP contribution in [0.1, 0.15) is 68.1 Å². The van der Waals surface area contributed by atoms with Gasteiger partial charge in [-0.15, -0.1) is 10.1 Å². The van der Waals surface area contributed by atoms with Crippen LogP contribution in [0.2, 0.25) is 5.02 Å². The molecule has 0 radical (unpaired) electrons. The zero-order valence-corrected chi connectivity index (χ0v) is 29.5. The molecule has 4 rings (SSSR count). The van der Waals surface area contributed by atoms with Gasteiger partial charge >= 0.3 is 11.9 Å². The number of methoxy groups -OCH3 is 1. The molecule has 0 saturated heterocycles. The van der Waals surface area contributed by atoms with Crippen LogP contribution in [0.3, 0.4) is 0 Å². The van der Waals surface area contributed by atoms with Crippen molar-refractivity contribution in [3.05, 3.63) is 129 Å². The molecule has 0 aliphatic heterocycles. The minimum Gasteiger partial charge on any atom is -0.493 e. The van der Waals surface area contributed by atoms with Gasteiger partial charge in [-0.25, -0.2) is 4.79 Å². The van der Waals surface area contributed by atoms with Crippen LogP contribution in [0, 0.1) is 22.0 Å². The van der Waals surface area contributed by atoms with Gasteiger partial charge < -0.3 is 23.8 Å². The van der Waals surface area contributed by atoms with Crippen molar-refractivity contribution in [1.82, 2.24) is 0 Å². The Hall–Kier alpha value is -5.09. The third kappa shape index (κ3) is 14.4. The topological polar surface area (TPSA) is 123 Å². The molecule has 51 heavy (non-hydrogen) atoms. The predicted octanol–water partition coefficient (Wildman–Crippen LogP) is 9.28. The molecule has 0 amide bonds. The summed E-state index contributed by atoms with van der Waals surface area (Å²) in [6.45, 7) is 0.510. The number of carbonyl (C=O) groups excluding carboxylic acids is 2. The van der Waals surface area contributed by atoms with Crippen LogP contribution in [-0.2, 0) is 32.4 Å². The number of carbonyl (C=O) groups is 2. The van der Waals surface area contributed by atoms with E-state index >= 15 is 0 Å². The lowest BCUT2D eigenvalue weighted by atomic mass is 9.92. The lowest BCUT2D eigenvalue weighted by molar-refractivity contribution is -0.763. The van der Waals surface area contributed by atoms with Crippen molar-refractivity contribution in [2.45, 2.75) is 64.6 Å². The van der Waals surface area contributed by atoms with Crippen LogP contribution in [0.25, 0.3) is 6.08 Å². The minimum absolute atomic E-state index is 0.0376. The molecule has 1 fully saturated rings. The number of hydrogen-bond donors (Lipinski definition) is 0. The first-order valence-corrected chi connectivity index (χ1v) is 17.5. The summed E-state index contributed by atoms with van der Waals surface area (Å²) in [4.78, 5) is 39.4. The van der Waals surface area contributed by atoms with E-state index in [2.05, 4.69) is 29.1 Å². The number of esters is 2. The van der Waals surface area contributed by atoms with Gasteiger partial charge in [-0.05, 0) is 103 Å². The van der Waals surface area contributed by atoms with Crippen LogP contribution < -0.4 is 14.2 Å². The van der Waals surface area contributed by atoms with E-state index in [1.54, 1.807) is 48.5 Å². The molecule has 0 bridgehead atoms. The average Bonchev–Trinajstić information content (AvgIpc) is 3.58. The third-order valence-corrected chi connectivity index (χ3v) is 8.61. The van der Waals surface area contributed by atoms with Crippen LogP contribution in [-0.4, -0.2) is 30.7 Å². The maximum atomic E-state index is 12.5. The number of hydrogen-bond acceptors (Lipinski definition) is 9. The number of unbranched alkanes of at least 4 members (excludes halogenated alkanes) is 1. The SMILES string of the molecule is COc1cc(/C=C/C(=O)OCc2ccc(CO[N+](=O)[O-])cc2)ccc1OC(=O)CCC/C=C\C[C@H]1CCCC1/C=C/CCOc1cccc(Cl)c1. The van der Waals surface area contributed by atoms with E-state index < -0.39 is 11.1 Å². The minimum atomic E-state index is -0.852. The predicted molar refractivity (Wildman–Crippen MR) is 195 cm³/mol. The zero-order chi connectivity index (χ0) is 36.3. The normalized spacial score (nSPS) is 15.7. The summed E-state index contributed by atoms with van der Waals surface area (Å²) < 4.78 is 22.0. The third-order valence-electron chi connectivity index (χ3n) is 8.37. The summed E-state index contributed by atoms with van der Waals surface area (Å²) >= 11 is 6.01. The first kappa shape index (κ1) is 38.7. The molecule has 3 aromatic rings. The number of allylic oxidation sites excluding steroid dienone is 3. The molecule has 3 aromatic carbocycles. The monoisotopic (exact) mass is 717 g/mol. The second kappa shape index (κ2) is 21.2. The first-order valence-electron chi connectivity index (χ1n) is 17.1. The van der Waals surface area contributed by atoms with Gasteiger partial charge in [0.05, 0.1) is 13.7 Å². The molecular formula is C40H44ClNO9. The van der Waals surface area contributed by atoms with E-state index in [-0.39, 0.29) is 25.6 Å². The Morgan fingerprint density at radius 2 is 1.75 bits per heavy atom. The Bertz CT molecular complexity index is 1670. The highest BCUT2D eigenvalue weighted by atomic mass is 35.5. The largest absolute Gasteiger partial charge is 0.493 e. The van der Waals surface area contributed by atoms with Crippen LogP contribution in [0.15, 0.2) is 97.1 Å². The number of rotatable bonds is 20. The number of ether oxygens (including phenoxy) is 4. The molecule has 11 heteroatoms. The Morgan fingerprint density at radius 3 is 2.51 bits per heavy atom. The molecule has 1 aliphatic rings. The summed E-state index contributed by atoms with van der Waals surface area (Å²) in [5.41, 5.74) is 2.01. The van der Waals surface area contributed by atoms with Gasteiger partial charge in [0.2, 0.25) is 0 Å². The lowest BCUT2D eigenvalue weighted by Crippen LogP contribution is -2.08. The fourth-order valence-electron chi connectivity index (χ4n) is 5.71. The molecule has 0 aromatic heterocycles. The second-order valence-electron chi connectivity index (χ2n) is 12.1. The summed E-state index contributed by atoms with van der Waals surface area (Å²) in [6.07, 6.45) is 19.2. The summed E-state index contributed by atoms with van der Waals surface area (Å²) in [7, 11) is 1.48. The van der Waals surface area contributed by atoms with Gasteiger partial charge in [0.25, 0.3) is 5.09 Å². The van der Waals surface area contributed by atoms with Crippen molar-refractivity contribution < 1.29 is 38.5 Å². The average molecular weight is 718 g/mol. The van der Waals surface area contributed by atoms with Gasteiger partial charge in [-0.1, -0.05) is 78.7 Å². The molecule has 1 aliphatic carbocycles. The van der Waals surface area contributed by atoms with Gasteiger partial charge in [-0.2, -0.15) is 0 Å². The van der Waals surface area contributed by atoms with Crippen molar-refractivity contribution in [3.8, 4) is 17.2 Å².